The molecule has 0 saturated heterocycles. The molecule has 1 aliphatic rings. The molecule has 1 aromatic heterocycles. The van der Waals surface area contributed by atoms with Crippen LogP contribution in [0.3, 0.4) is 0 Å². The molecule has 5 nitrogen and oxygen atoms in total. The van der Waals surface area contributed by atoms with Crippen LogP contribution in [0.1, 0.15) is 41.8 Å². The van der Waals surface area contributed by atoms with E-state index in [2.05, 4.69) is 15.3 Å². The first-order valence-corrected chi connectivity index (χ1v) is 8.04. The summed E-state index contributed by atoms with van der Waals surface area (Å²) in [5, 5.41) is 3.34. The average Bonchev–Trinajstić information content (AvgIpc) is 2.70. The predicted octanol–water partition coefficient (Wildman–Crippen LogP) is 3.14. The number of anilines is 1. The molecule has 0 spiro atoms. The van der Waals surface area contributed by atoms with Crippen molar-refractivity contribution < 1.29 is 9.18 Å². The van der Waals surface area contributed by atoms with Crippen LogP contribution in [0, 0.1) is 19.7 Å². The SMILES string of the molecule is CC(=O)N1CCC(Nc2ncc(C)c(C)n2)c2ccc(F)cc2C1. The molecular formula is C18H21FN4O. The highest BCUT2D eigenvalue weighted by Crippen LogP contribution is 2.29. The molecule has 1 aromatic carbocycles. The lowest BCUT2D eigenvalue weighted by Crippen LogP contribution is -2.28. The van der Waals surface area contributed by atoms with Gasteiger partial charge < -0.3 is 10.2 Å². The fourth-order valence-electron chi connectivity index (χ4n) is 2.95. The van der Waals surface area contributed by atoms with Gasteiger partial charge in [-0.25, -0.2) is 14.4 Å². The smallest absolute Gasteiger partial charge is 0.223 e. The summed E-state index contributed by atoms with van der Waals surface area (Å²) in [6, 6.07) is 4.68. The van der Waals surface area contributed by atoms with Crippen molar-refractivity contribution in [1.29, 1.82) is 0 Å². The highest BCUT2D eigenvalue weighted by molar-refractivity contribution is 5.73. The van der Waals surface area contributed by atoms with Gasteiger partial charge in [-0.2, -0.15) is 0 Å². The molecule has 6 heteroatoms. The highest BCUT2D eigenvalue weighted by Gasteiger charge is 2.24. The number of nitrogens with zero attached hydrogens (tertiary/aromatic N) is 3. The molecule has 1 aliphatic heterocycles. The first kappa shape index (κ1) is 16.4. The number of rotatable bonds is 2. The second-order valence-corrected chi connectivity index (χ2v) is 6.23. The number of benzene rings is 1. The number of nitrogens with one attached hydrogen (secondary N) is 1. The van der Waals surface area contributed by atoms with Crippen LogP contribution < -0.4 is 5.32 Å². The van der Waals surface area contributed by atoms with Crippen LogP contribution in [-0.4, -0.2) is 27.3 Å². The number of carbonyl (C=O) groups is 1. The van der Waals surface area contributed by atoms with Crippen LogP contribution >= 0.6 is 0 Å². The Morgan fingerprint density at radius 1 is 1.38 bits per heavy atom. The molecule has 3 rings (SSSR count). The number of halogens is 1. The first-order chi connectivity index (χ1) is 11.4. The Labute approximate surface area is 140 Å². The van der Waals surface area contributed by atoms with Gasteiger partial charge in [0.25, 0.3) is 0 Å². The maximum Gasteiger partial charge on any atom is 0.223 e. The topological polar surface area (TPSA) is 58.1 Å². The zero-order chi connectivity index (χ0) is 17.3. The van der Waals surface area contributed by atoms with Gasteiger partial charge >= 0.3 is 0 Å². The number of aromatic nitrogens is 2. The van der Waals surface area contributed by atoms with E-state index >= 15 is 0 Å². The normalized spacial score (nSPS) is 17.2. The largest absolute Gasteiger partial charge is 0.347 e. The Balaban J connectivity index is 1.93. The van der Waals surface area contributed by atoms with Gasteiger partial charge in [-0.15, -0.1) is 0 Å². The molecule has 0 fully saturated rings. The number of fused-ring (bicyclic) bond motifs is 1. The Hall–Kier alpha value is -2.50. The van der Waals surface area contributed by atoms with E-state index in [1.807, 2.05) is 13.8 Å². The Morgan fingerprint density at radius 2 is 2.17 bits per heavy atom. The number of carbonyl (C=O) groups excluding carboxylic acids is 1. The zero-order valence-electron chi connectivity index (χ0n) is 14.1. The summed E-state index contributed by atoms with van der Waals surface area (Å²) in [5.74, 6) is 0.253. The predicted molar refractivity (Wildman–Crippen MR) is 90.0 cm³/mol. The standard InChI is InChI=1S/C18H21FN4O/c1-11-9-20-18(21-12(11)2)22-17-6-7-23(13(3)24)10-14-8-15(19)4-5-16(14)17/h4-5,8-9,17H,6-7,10H2,1-3H3,(H,20,21,22). The third-order valence-electron chi connectivity index (χ3n) is 4.50. The van der Waals surface area contributed by atoms with Gasteiger partial charge in [0.2, 0.25) is 11.9 Å². The van der Waals surface area contributed by atoms with Gasteiger partial charge in [-0.3, -0.25) is 4.79 Å². The molecule has 1 unspecified atom stereocenters. The summed E-state index contributed by atoms with van der Waals surface area (Å²) in [4.78, 5) is 22.3. The summed E-state index contributed by atoms with van der Waals surface area (Å²) in [6.45, 7) is 6.48. The van der Waals surface area contributed by atoms with E-state index in [1.165, 1.54) is 12.1 Å². The molecule has 0 saturated carbocycles. The zero-order valence-corrected chi connectivity index (χ0v) is 14.1. The molecule has 1 amide bonds. The molecule has 126 valence electrons. The van der Waals surface area contributed by atoms with E-state index in [4.69, 9.17) is 0 Å². The molecule has 1 atom stereocenters. The summed E-state index contributed by atoms with van der Waals surface area (Å²) >= 11 is 0. The summed E-state index contributed by atoms with van der Waals surface area (Å²) in [5.41, 5.74) is 3.77. The van der Waals surface area contributed by atoms with Crippen molar-refractivity contribution in [3.63, 3.8) is 0 Å². The monoisotopic (exact) mass is 328 g/mol. The van der Waals surface area contributed by atoms with E-state index in [0.29, 0.717) is 25.5 Å². The number of hydrogen-bond donors (Lipinski definition) is 1. The quantitative estimate of drug-likeness (QED) is 0.920. The molecule has 1 N–H and O–H groups in total. The van der Waals surface area contributed by atoms with Gasteiger partial charge in [-0.1, -0.05) is 6.07 Å². The van der Waals surface area contributed by atoms with Crippen molar-refractivity contribution in [2.24, 2.45) is 0 Å². The van der Waals surface area contributed by atoms with Crippen molar-refractivity contribution in [2.75, 3.05) is 11.9 Å². The minimum absolute atomic E-state index is 0.00621. The second kappa shape index (κ2) is 6.55. The van der Waals surface area contributed by atoms with Crippen molar-refractivity contribution in [1.82, 2.24) is 14.9 Å². The van der Waals surface area contributed by atoms with Crippen molar-refractivity contribution in [2.45, 2.75) is 39.8 Å². The van der Waals surface area contributed by atoms with E-state index in [0.717, 1.165) is 22.4 Å². The van der Waals surface area contributed by atoms with Crippen molar-refractivity contribution in [3.05, 3.63) is 52.6 Å². The van der Waals surface area contributed by atoms with Crippen LogP contribution in [0.15, 0.2) is 24.4 Å². The second-order valence-electron chi connectivity index (χ2n) is 6.23. The third kappa shape index (κ3) is 3.37. The van der Waals surface area contributed by atoms with Crippen LogP contribution in [0.5, 0.6) is 0 Å². The van der Waals surface area contributed by atoms with Crippen LogP contribution in [0.4, 0.5) is 10.3 Å². The van der Waals surface area contributed by atoms with Crippen molar-refractivity contribution in [3.8, 4) is 0 Å². The molecule has 0 radical (unpaired) electrons. The maximum absolute atomic E-state index is 13.7. The van der Waals surface area contributed by atoms with Gasteiger partial charge in [0.05, 0.1) is 6.04 Å². The Bertz CT molecular complexity index is 778. The van der Waals surface area contributed by atoms with E-state index in [9.17, 15) is 9.18 Å². The van der Waals surface area contributed by atoms with Crippen molar-refractivity contribution >= 4 is 11.9 Å². The molecule has 0 bridgehead atoms. The van der Waals surface area contributed by atoms with Crippen LogP contribution in [0.2, 0.25) is 0 Å². The number of amides is 1. The molecule has 24 heavy (non-hydrogen) atoms. The fraction of sp³-hybridized carbons (Fsp3) is 0.389. The summed E-state index contributed by atoms with van der Waals surface area (Å²) in [6.07, 6.45) is 2.50. The molecule has 0 aliphatic carbocycles. The molecule has 2 aromatic rings. The summed E-state index contributed by atoms with van der Waals surface area (Å²) in [7, 11) is 0. The third-order valence-corrected chi connectivity index (χ3v) is 4.50. The van der Waals surface area contributed by atoms with Gasteiger partial charge in [0, 0.05) is 31.9 Å². The van der Waals surface area contributed by atoms with Gasteiger partial charge in [0.1, 0.15) is 5.82 Å². The number of hydrogen-bond acceptors (Lipinski definition) is 4. The minimum atomic E-state index is -0.291. The fourth-order valence-corrected chi connectivity index (χ4v) is 2.95. The van der Waals surface area contributed by atoms with Crippen LogP contribution in [0.25, 0.3) is 0 Å². The van der Waals surface area contributed by atoms with E-state index in [1.54, 1.807) is 24.1 Å². The lowest BCUT2D eigenvalue weighted by atomic mass is 9.99. The Morgan fingerprint density at radius 3 is 2.88 bits per heavy atom. The number of aryl methyl sites for hydroxylation is 2. The lowest BCUT2D eigenvalue weighted by Gasteiger charge is -2.19. The van der Waals surface area contributed by atoms with Gasteiger partial charge in [0.15, 0.2) is 0 Å². The molecule has 2 heterocycles. The summed E-state index contributed by atoms with van der Waals surface area (Å²) < 4.78 is 13.7. The molecular weight excluding hydrogens is 307 g/mol. The lowest BCUT2D eigenvalue weighted by molar-refractivity contribution is -0.129. The van der Waals surface area contributed by atoms with Crippen LogP contribution in [-0.2, 0) is 11.3 Å². The first-order valence-electron chi connectivity index (χ1n) is 8.04. The Kier molecular flexibility index (Phi) is 4.46. The van der Waals surface area contributed by atoms with Gasteiger partial charge in [-0.05, 0) is 49.1 Å². The van der Waals surface area contributed by atoms with E-state index in [-0.39, 0.29) is 17.8 Å². The van der Waals surface area contributed by atoms with E-state index < -0.39 is 0 Å². The average molecular weight is 328 g/mol. The minimum Gasteiger partial charge on any atom is -0.347 e. The highest BCUT2D eigenvalue weighted by atomic mass is 19.1. The maximum atomic E-state index is 13.7.